The van der Waals surface area contributed by atoms with Gasteiger partial charge in [0.1, 0.15) is 0 Å². The Morgan fingerprint density at radius 2 is 1.94 bits per heavy atom. The number of rotatable bonds is 6. The van der Waals surface area contributed by atoms with E-state index in [1.54, 1.807) is 7.05 Å². The van der Waals surface area contributed by atoms with Crippen molar-refractivity contribution in [1.29, 1.82) is 0 Å². The van der Waals surface area contributed by atoms with Gasteiger partial charge in [0.2, 0.25) is 5.91 Å². The van der Waals surface area contributed by atoms with Crippen molar-refractivity contribution in [3.05, 3.63) is 0 Å². The van der Waals surface area contributed by atoms with Gasteiger partial charge in [0.05, 0.1) is 6.54 Å². The van der Waals surface area contributed by atoms with Gasteiger partial charge in [0, 0.05) is 12.6 Å². The molecule has 1 aliphatic rings. The standard InChI is InChI=1S/C13H27N3O/c1-14-10-13(17)15-9-12(16(2)3)11-7-5-4-6-8-11/h11-12,14H,4-10H2,1-3H3,(H,15,17). The number of carbonyl (C=O) groups excluding carboxylic acids is 1. The van der Waals surface area contributed by atoms with Crippen molar-refractivity contribution in [3.63, 3.8) is 0 Å². The lowest BCUT2D eigenvalue weighted by atomic mass is 9.83. The molecule has 17 heavy (non-hydrogen) atoms. The molecular weight excluding hydrogens is 214 g/mol. The van der Waals surface area contributed by atoms with E-state index in [4.69, 9.17) is 0 Å². The Balaban J connectivity index is 2.39. The zero-order valence-corrected chi connectivity index (χ0v) is 11.5. The van der Waals surface area contributed by atoms with Gasteiger partial charge in [-0.15, -0.1) is 0 Å². The molecule has 100 valence electrons. The van der Waals surface area contributed by atoms with Gasteiger partial charge >= 0.3 is 0 Å². The van der Waals surface area contributed by atoms with Crippen molar-refractivity contribution in [3.8, 4) is 0 Å². The number of likely N-dealkylation sites (N-methyl/N-ethyl adjacent to an activating group) is 2. The van der Waals surface area contributed by atoms with E-state index in [0.717, 1.165) is 12.5 Å². The Hall–Kier alpha value is -0.610. The third-order valence-electron chi connectivity index (χ3n) is 3.70. The largest absolute Gasteiger partial charge is 0.353 e. The van der Waals surface area contributed by atoms with E-state index in [1.807, 2.05) is 0 Å². The van der Waals surface area contributed by atoms with Crippen LogP contribution in [-0.4, -0.2) is 51.1 Å². The zero-order chi connectivity index (χ0) is 12.7. The molecule has 0 aliphatic heterocycles. The van der Waals surface area contributed by atoms with Gasteiger partial charge in [-0.2, -0.15) is 0 Å². The van der Waals surface area contributed by atoms with Crippen molar-refractivity contribution in [2.24, 2.45) is 5.92 Å². The average molecular weight is 241 g/mol. The van der Waals surface area contributed by atoms with Crippen LogP contribution in [0.4, 0.5) is 0 Å². The molecule has 0 spiro atoms. The Morgan fingerprint density at radius 1 is 1.29 bits per heavy atom. The predicted octanol–water partition coefficient (Wildman–Crippen LogP) is 0.833. The normalized spacial score (nSPS) is 19.3. The SMILES string of the molecule is CNCC(=O)NCC(C1CCCCC1)N(C)C. The van der Waals surface area contributed by atoms with Crippen molar-refractivity contribution < 1.29 is 4.79 Å². The summed E-state index contributed by atoms with van der Waals surface area (Å²) in [5, 5.41) is 5.89. The van der Waals surface area contributed by atoms with Gasteiger partial charge in [-0.05, 0) is 39.9 Å². The lowest BCUT2D eigenvalue weighted by Crippen LogP contribution is -2.46. The molecule has 0 saturated heterocycles. The molecule has 0 aromatic heterocycles. The lowest BCUT2D eigenvalue weighted by molar-refractivity contribution is -0.120. The van der Waals surface area contributed by atoms with E-state index in [2.05, 4.69) is 29.6 Å². The molecule has 1 atom stereocenters. The Morgan fingerprint density at radius 3 is 2.47 bits per heavy atom. The van der Waals surface area contributed by atoms with Crippen molar-refractivity contribution in [2.75, 3.05) is 34.2 Å². The number of carbonyl (C=O) groups is 1. The molecule has 1 unspecified atom stereocenters. The number of hydrogen-bond donors (Lipinski definition) is 2. The van der Waals surface area contributed by atoms with Crippen LogP contribution in [0.5, 0.6) is 0 Å². The van der Waals surface area contributed by atoms with Crippen LogP contribution in [0.15, 0.2) is 0 Å². The van der Waals surface area contributed by atoms with Gasteiger partial charge in [-0.1, -0.05) is 19.3 Å². The maximum absolute atomic E-state index is 11.5. The maximum atomic E-state index is 11.5. The first-order chi connectivity index (χ1) is 8.15. The highest BCUT2D eigenvalue weighted by atomic mass is 16.1. The Labute approximate surface area is 105 Å². The smallest absolute Gasteiger partial charge is 0.234 e. The number of nitrogens with one attached hydrogen (secondary N) is 2. The quantitative estimate of drug-likeness (QED) is 0.724. The van der Waals surface area contributed by atoms with Gasteiger partial charge in [0.15, 0.2) is 0 Å². The summed E-state index contributed by atoms with van der Waals surface area (Å²) in [6.07, 6.45) is 6.69. The molecule has 1 saturated carbocycles. The van der Waals surface area contributed by atoms with Crippen LogP contribution >= 0.6 is 0 Å². The monoisotopic (exact) mass is 241 g/mol. The molecule has 1 aliphatic carbocycles. The van der Waals surface area contributed by atoms with Crippen LogP contribution in [0.3, 0.4) is 0 Å². The van der Waals surface area contributed by atoms with Crippen LogP contribution in [-0.2, 0) is 4.79 Å². The third kappa shape index (κ3) is 5.04. The molecule has 0 radical (unpaired) electrons. The van der Waals surface area contributed by atoms with Crippen molar-refractivity contribution in [1.82, 2.24) is 15.5 Å². The summed E-state index contributed by atoms with van der Waals surface area (Å²) in [5.74, 6) is 0.837. The third-order valence-corrected chi connectivity index (χ3v) is 3.70. The second-order valence-electron chi connectivity index (χ2n) is 5.26. The summed E-state index contributed by atoms with van der Waals surface area (Å²) in [6.45, 7) is 1.18. The minimum absolute atomic E-state index is 0.0927. The molecule has 0 bridgehead atoms. The molecule has 2 N–H and O–H groups in total. The first kappa shape index (κ1) is 14.5. The summed E-state index contributed by atoms with van der Waals surface area (Å²) in [6, 6.07) is 0.483. The van der Waals surface area contributed by atoms with Gasteiger partial charge in [-0.25, -0.2) is 0 Å². The fourth-order valence-electron chi connectivity index (χ4n) is 2.73. The summed E-state index contributed by atoms with van der Waals surface area (Å²) < 4.78 is 0. The maximum Gasteiger partial charge on any atom is 0.234 e. The fourth-order valence-corrected chi connectivity index (χ4v) is 2.73. The van der Waals surface area contributed by atoms with Crippen LogP contribution in [0.1, 0.15) is 32.1 Å². The predicted molar refractivity (Wildman–Crippen MR) is 71.0 cm³/mol. The van der Waals surface area contributed by atoms with E-state index in [9.17, 15) is 4.79 Å². The molecule has 0 aromatic rings. The second-order valence-corrected chi connectivity index (χ2v) is 5.26. The molecule has 4 nitrogen and oxygen atoms in total. The summed E-state index contributed by atoms with van der Waals surface area (Å²) >= 11 is 0. The molecular formula is C13H27N3O. The van der Waals surface area contributed by atoms with Crippen molar-refractivity contribution in [2.45, 2.75) is 38.1 Å². The minimum Gasteiger partial charge on any atom is -0.353 e. The summed E-state index contributed by atoms with van der Waals surface area (Å²) in [7, 11) is 6.02. The number of nitrogens with zero attached hydrogens (tertiary/aromatic N) is 1. The molecule has 4 heteroatoms. The number of hydrogen-bond acceptors (Lipinski definition) is 3. The molecule has 1 fully saturated rings. The Kier molecular flexibility index (Phi) is 6.52. The summed E-state index contributed by atoms with van der Waals surface area (Å²) in [4.78, 5) is 13.7. The van der Waals surface area contributed by atoms with Crippen LogP contribution < -0.4 is 10.6 Å². The van der Waals surface area contributed by atoms with Crippen LogP contribution in [0.25, 0.3) is 0 Å². The highest BCUT2D eigenvalue weighted by Crippen LogP contribution is 2.27. The highest BCUT2D eigenvalue weighted by molar-refractivity contribution is 5.77. The van der Waals surface area contributed by atoms with Crippen molar-refractivity contribution >= 4 is 5.91 Å². The van der Waals surface area contributed by atoms with Crippen LogP contribution in [0.2, 0.25) is 0 Å². The van der Waals surface area contributed by atoms with Crippen LogP contribution in [0, 0.1) is 5.92 Å². The fraction of sp³-hybridized carbons (Fsp3) is 0.923. The van der Waals surface area contributed by atoms with Gasteiger partial charge < -0.3 is 15.5 Å². The van der Waals surface area contributed by atoms with E-state index in [0.29, 0.717) is 12.6 Å². The van der Waals surface area contributed by atoms with E-state index in [1.165, 1.54) is 32.1 Å². The first-order valence-electron chi connectivity index (χ1n) is 6.73. The van der Waals surface area contributed by atoms with E-state index >= 15 is 0 Å². The highest BCUT2D eigenvalue weighted by Gasteiger charge is 2.25. The first-order valence-corrected chi connectivity index (χ1v) is 6.73. The summed E-state index contributed by atoms with van der Waals surface area (Å²) in [5.41, 5.74) is 0. The molecule has 1 amide bonds. The molecule has 0 aromatic carbocycles. The zero-order valence-electron chi connectivity index (χ0n) is 11.5. The van der Waals surface area contributed by atoms with Gasteiger partial charge in [-0.3, -0.25) is 4.79 Å². The second kappa shape index (κ2) is 7.67. The number of amides is 1. The Bertz CT molecular complexity index is 225. The minimum atomic E-state index is 0.0927. The molecule has 0 heterocycles. The van der Waals surface area contributed by atoms with Gasteiger partial charge in [0.25, 0.3) is 0 Å². The topological polar surface area (TPSA) is 44.4 Å². The lowest BCUT2D eigenvalue weighted by Gasteiger charge is -2.35. The van der Waals surface area contributed by atoms with E-state index in [-0.39, 0.29) is 5.91 Å². The molecule has 1 rings (SSSR count). The average Bonchev–Trinajstić information content (AvgIpc) is 2.30. The van der Waals surface area contributed by atoms with E-state index < -0.39 is 0 Å².